The van der Waals surface area contributed by atoms with E-state index in [0.717, 1.165) is 63.0 Å². The third-order valence-electron chi connectivity index (χ3n) is 7.01. The van der Waals surface area contributed by atoms with Crippen molar-refractivity contribution in [2.45, 2.75) is 25.7 Å². The number of rotatable bonds is 4. The van der Waals surface area contributed by atoms with Gasteiger partial charge in [-0.3, -0.25) is 9.89 Å². The molecule has 0 atom stereocenters. The highest BCUT2D eigenvalue weighted by Gasteiger charge is 2.30. The molecule has 0 bridgehead atoms. The van der Waals surface area contributed by atoms with E-state index < -0.39 is 0 Å². The van der Waals surface area contributed by atoms with E-state index in [2.05, 4.69) is 57.0 Å². The quantitative estimate of drug-likeness (QED) is 0.430. The lowest BCUT2D eigenvalue weighted by Crippen LogP contribution is -2.48. The maximum Gasteiger partial charge on any atom is 0.246 e. The number of piperazine rings is 1. The lowest BCUT2D eigenvalue weighted by molar-refractivity contribution is -0.126. The van der Waals surface area contributed by atoms with Crippen LogP contribution in [0.15, 0.2) is 43.1 Å². The topological polar surface area (TPSA) is 78.0 Å². The molecule has 172 valence electrons. The van der Waals surface area contributed by atoms with Gasteiger partial charge in [0.25, 0.3) is 0 Å². The van der Waals surface area contributed by atoms with Crippen molar-refractivity contribution < 1.29 is 4.79 Å². The number of fused-ring (bicyclic) bond motifs is 2. The summed E-state index contributed by atoms with van der Waals surface area (Å²) in [6, 6.07) is 8.26. The van der Waals surface area contributed by atoms with Gasteiger partial charge >= 0.3 is 0 Å². The number of carbonyl (C=O) groups is 1. The summed E-state index contributed by atoms with van der Waals surface area (Å²) in [5.74, 6) is 0.492. The van der Waals surface area contributed by atoms with Gasteiger partial charge < -0.3 is 9.80 Å². The van der Waals surface area contributed by atoms with Crippen LogP contribution in [0, 0.1) is 6.92 Å². The van der Waals surface area contributed by atoms with Gasteiger partial charge in [-0.25, -0.2) is 0 Å². The number of H-pyrrole nitrogens is 1. The number of aromatic amines is 1. The Bertz CT molecular complexity index is 1450. The van der Waals surface area contributed by atoms with E-state index in [1.807, 2.05) is 11.0 Å². The third kappa shape index (κ3) is 3.42. The van der Waals surface area contributed by atoms with Gasteiger partial charge in [0.15, 0.2) is 0 Å². The second-order valence-corrected chi connectivity index (χ2v) is 9.57. The lowest BCUT2D eigenvalue weighted by atomic mass is 9.93. The molecule has 1 N–H and O–H groups in total. The van der Waals surface area contributed by atoms with Crippen LogP contribution in [0.5, 0.6) is 0 Å². The molecule has 0 unspecified atom stereocenters. The number of hydrogen-bond donors (Lipinski definition) is 1. The largest absolute Gasteiger partial charge is 0.366 e. The van der Waals surface area contributed by atoms with Gasteiger partial charge in [-0.2, -0.15) is 15.3 Å². The predicted octanol–water partition coefficient (Wildman–Crippen LogP) is 4.85. The Morgan fingerprint density at radius 2 is 2.00 bits per heavy atom. The van der Waals surface area contributed by atoms with Gasteiger partial charge in [0, 0.05) is 53.5 Å². The second-order valence-electron chi connectivity index (χ2n) is 9.16. The first-order valence-corrected chi connectivity index (χ1v) is 12.0. The number of aryl methyl sites for hydroxylation is 1. The zero-order valence-electron chi connectivity index (χ0n) is 19.0. The molecule has 1 aliphatic heterocycles. The minimum Gasteiger partial charge on any atom is -0.366 e. The fraction of sp³-hybridized carbons (Fsp3) is 0.308. The molecule has 4 aromatic rings. The second kappa shape index (κ2) is 8.09. The minimum atomic E-state index is -0.0283. The zero-order valence-corrected chi connectivity index (χ0v) is 19.8. The highest BCUT2D eigenvalue weighted by Crippen LogP contribution is 2.46. The Morgan fingerprint density at radius 1 is 1.21 bits per heavy atom. The lowest BCUT2D eigenvalue weighted by Gasteiger charge is -2.35. The van der Waals surface area contributed by atoms with Crippen LogP contribution in [0.1, 0.15) is 30.0 Å². The average Bonchev–Trinajstić information content (AvgIpc) is 3.62. The molecular formula is C26H25ClN6O. The van der Waals surface area contributed by atoms with Crippen molar-refractivity contribution in [1.82, 2.24) is 25.3 Å². The van der Waals surface area contributed by atoms with Crippen molar-refractivity contribution in [3.05, 3.63) is 59.4 Å². The summed E-state index contributed by atoms with van der Waals surface area (Å²) in [5.41, 5.74) is 7.18. The number of benzene rings is 2. The van der Waals surface area contributed by atoms with E-state index in [-0.39, 0.29) is 5.91 Å². The van der Waals surface area contributed by atoms with Crippen LogP contribution >= 0.6 is 11.6 Å². The Morgan fingerprint density at radius 3 is 2.74 bits per heavy atom. The predicted molar refractivity (Wildman–Crippen MR) is 135 cm³/mol. The Labute approximate surface area is 202 Å². The standard InChI is InChI=1S/C26H25ClN6O/c1-3-23(34)33-10-8-32(9-11-33)22-14-28-29-21-13-17(19(27)12-18(21)22)24-15(2)4-7-20-25(24)26(31-30-20)16-5-6-16/h3-4,7,12-14,16H,1,5-6,8-11H2,2H3,(H,30,31). The fourth-order valence-corrected chi connectivity index (χ4v) is 5.31. The Balaban J connectivity index is 1.44. The van der Waals surface area contributed by atoms with Crippen molar-refractivity contribution in [1.29, 1.82) is 0 Å². The van der Waals surface area contributed by atoms with Crippen LogP contribution in [-0.4, -0.2) is 57.4 Å². The summed E-state index contributed by atoms with van der Waals surface area (Å²) in [4.78, 5) is 16.0. The molecule has 8 heteroatoms. The van der Waals surface area contributed by atoms with Gasteiger partial charge in [0.05, 0.1) is 28.6 Å². The van der Waals surface area contributed by atoms with E-state index >= 15 is 0 Å². The molecule has 2 aromatic carbocycles. The van der Waals surface area contributed by atoms with Crippen LogP contribution < -0.4 is 4.90 Å². The molecule has 2 aliphatic rings. The number of nitrogens with zero attached hydrogens (tertiary/aromatic N) is 5. The summed E-state index contributed by atoms with van der Waals surface area (Å²) in [6.45, 7) is 8.44. The van der Waals surface area contributed by atoms with Crippen LogP contribution in [0.3, 0.4) is 0 Å². The number of halogens is 1. The summed E-state index contributed by atoms with van der Waals surface area (Å²) >= 11 is 6.96. The van der Waals surface area contributed by atoms with Crippen LogP contribution in [-0.2, 0) is 4.79 Å². The number of anilines is 1. The highest BCUT2D eigenvalue weighted by molar-refractivity contribution is 6.35. The first kappa shape index (κ1) is 21.1. The summed E-state index contributed by atoms with van der Waals surface area (Å²) in [7, 11) is 0. The Kier molecular flexibility index (Phi) is 5.03. The monoisotopic (exact) mass is 472 g/mol. The normalized spacial score (nSPS) is 16.4. The molecule has 1 saturated carbocycles. The highest BCUT2D eigenvalue weighted by atomic mass is 35.5. The fourth-order valence-electron chi connectivity index (χ4n) is 5.05. The molecule has 0 spiro atoms. The molecular weight excluding hydrogens is 448 g/mol. The van der Waals surface area contributed by atoms with Gasteiger partial charge in [-0.05, 0) is 55.2 Å². The molecule has 2 aromatic heterocycles. The molecule has 2 fully saturated rings. The summed E-state index contributed by atoms with van der Waals surface area (Å²) in [5, 5.41) is 19.4. The van der Waals surface area contributed by atoms with E-state index in [1.54, 1.807) is 6.20 Å². The maximum absolute atomic E-state index is 12.0. The van der Waals surface area contributed by atoms with E-state index in [1.165, 1.54) is 18.9 Å². The number of carbonyl (C=O) groups excluding carboxylic acids is 1. The van der Waals surface area contributed by atoms with Crippen molar-refractivity contribution in [3.63, 3.8) is 0 Å². The molecule has 1 saturated heterocycles. The minimum absolute atomic E-state index is 0.0283. The van der Waals surface area contributed by atoms with Crippen molar-refractivity contribution in [2.24, 2.45) is 0 Å². The van der Waals surface area contributed by atoms with E-state index in [4.69, 9.17) is 11.6 Å². The van der Waals surface area contributed by atoms with Crippen molar-refractivity contribution >= 4 is 45.0 Å². The first-order chi connectivity index (χ1) is 16.5. The molecule has 1 amide bonds. The molecule has 7 nitrogen and oxygen atoms in total. The smallest absolute Gasteiger partial charge is 0.246 e. The summed E-state index contributed by atoms with van der Waals surface area (Å²) < 4.78 is 0. The number of amides is 1. The van der Waals surface area contributed by atoms with Crippen molar-refractivity contribution in [2.75, 3.05) is 31.1 Å². The number of hydrogen-bond acceptors (Lipinski definition) is 5. The van der Waals surface area contributed by atoms with E-state index in [9.17, 15) is 4.79 Å². The molecule has 6 rings (SSSR count). The number of aromatic nitrogens is 4. The average molecular weight is 473 g/mol. The van der Waals surface area contributed by atoms with Gasteiger partial charge in [-0.1, -0.05) is 24.2 Å². The van der Waals surface area contributed by atoms with Gasteiger partial charge in [0.1, 0.15) is 0 Å². The molecule has 3 heterocycles. The summed E-state index contributed by atoms with van der Waals surface area (Å²) in [6.07, 6.45) is 5.52. The van der Waals surface area contributed by atoms with Gasteiger partial charge in [0.2, 0.25) is 5.91 Å². The molecule has 0 radical (unpaired) electrons. The van der Waals surface area contributed by atoms with Crippen LogP contribution in [0.4, 0.5) is 5.69 Å². The molecule has 1 aliphatic carbocycles. The third-order valence-corrected chi connectivity index (χ3v) is 7.33. The van der Waals surface area contributed by atoms with Crippen molar-refractivity contribution in [3.8, 4) is 11.1 Å². The van der Waals surface area contributed by atoms with Crippen LogP contribution in [0.25, 0.3) is 32.9 Å². The first-order valence-electron chi connectivity index (χ1n) is 11.6. The number of nitrogens with one attached hydrogen (secondary N) is 1. The van der Waals surface area contributed by atoms with E-state index in [0.29, 0.717) is 24.0 Å². The maximum atomic E-state index is 12.0. The zero-order chi connectivity index (χ0) is 23.4. The van der Waals surface area contributed by atoms with Crippen LogP contribution in [0.2, 0.25) is 5.02 Å². The van der Waals surface area contributed by atoms with Gasteiger partial charge in [-0.15, -0.1) is 0 Å². The molecule has 34 heavy (non-hydrogen) atoms. The Hall–Kier alpha value is -3.45. The SMILES string of the molecule is C=CC(=O)N1CCN(c2cnnc3cc(-c4c(C)ccc5[nH]nc(C6CC6)c45)c(Cl)cc23)CC1.